The number of carboxylic acid groups (broad SMARTS) is 1. The molecule has 0 aromatic carbocycles. The summed E-state index contributed by atoms with van der Waals surface area (Å²) in [6, 6.07) is 1.40. The van der Waals surface area contributed by atoms with Crippen LogP contribution in [-0.2, 0) is 9.53 Å². The van der Waals surface area contributed by atoms with Crippen LogP contribution < -0.4 is 15.6 Å². The molecule has 3 rings (SSSR count). The number of carbonyl (C=O) groups is 2. The van der Waals surface area contributed by atoms with Crippen LogP contribution in [0.15, 0.2) is 43.1 Å². The molecule has 0 spiro atoms. The summed E-state index contributed by atoms with van der Waals surface area (Å²) in [6.07, 6.45) is 6.10. The normalized spacial score (nSPS) is 15.4. The first-order valence-electron chi connectivity index (χ1n) is 11.2. The van der Waals surface area contributed by atoms with Crippen molar-refractivity contribution in [2.45, 2.75) is 72.6 Å². The van der Waals surface area contributed by atoms with Crippen LogP contribution in [-0.4, -0.2) is 52.5 Å². The lowest BCUT2D eigenvalue weighted by Crippen LogP contribution is -2.55. The van der Waals surface area contributed by atoms with E-state index in [0.717, 1.165) is 31.7 Å². The van der Waals surface area contributed by atoms with Crippen molar-refractivity contribution in [2.24, 2.45) is 5.92 Å². The number of amides is 1. The maximum Gasteiger partial charge on any atom is 0.290 e. The van der Waals surface area contributed by atoms with E-state index in [-0.39, 0.29) is 35.3 Å². The van der Waals surface area contributed by atoms with Crippen molar-refractivity contribution in [3.8, 4) is 5.75 Å². The second-order valence-corrected chi connectivity index (χ2v) is 8.81. The van der Waals surface area contributed by atoms with Gasteiger partial charge in [-0.3, -0.25) is 19.1 Å². The zero-order chi connectivity index (χ0) is 26.9. The number of carbonyl (C=O) groups excluding carboxylic acids is 1. The second kappa shape index (κ2) is 17.3. The highest BCUT2D eigenvalue weighted by Gasteiger charge is 2.36. The molecule has 2 aliphatic heterocycles. The van der Waals surface area contributed by atoms with Gasteiger partial charge in [-0.25, -0.2) is 0 Å². The fourth-order valence-corrected chi connectivity index (χ4v) is 2.88. The molecular formula is C25H43N3O6. The number of aromatic nitrogens is 1. The zero-order valence-electron chi connectivity index (χ0n) is 21.8. The first-order chi connectivity index (χ1) is 15.9. The average Bonchev–Trinajstić information content (AvgIpc) is 2.75. The van der Waals surface area contributed by atoms with Crippen LogP contribution in [0.5, 0.6) is 5.75 Å². The summed E-state index contributed by atoms with van der Waals surface area (Å²) in [5.41, 5.74) is 3.19. The Morgan fingerprint density at radius 2 is 1.74 bits per heavy atom. The lowest BCUT2D eigenvalue weighted by atomic mass is 10.1. The van der Waals surface area contributed by atoms with Crippen LogP contribution in [0, 0.1) is 5.92 Å². The first kappa shape index (κ1) is 32.9. The summed E-state index contributed by atoms with van der Waals surface area (Å²) >= 11 is 0. The maximum absolute atomic E-state index is 12.4. The van der Waals surface area contributed by atoms with Crippen LogP contribution >= 0.6 is 0 Å². The van der Waals surface area contributed by atoms with Gasteiger partial charge in [-0.05, 0) is 46.0 Å². The van der Waals surface area contributed by atoms with Gasteiger partial charge in [-0.15, -0.1) is 13.2 Å². The fourth-order valence-electron chi connectivity index (χ4n) is 2.88. The summed E-state index contributed by atoms with van der Waals surface area (Å²) in [6.45, 7) is 22.3. The molecule has 2 aliphatic rings. The number of fused-ring (bicyclic) bond motifs is 2. The molecule has 1 aromatic heterocycles. The predicted molar refractivity (Wildman–Crippen MR) is 137 cm³/mol. The minimum Gasteiger partial charge on any atom is -0.496 e. The van der Waals surface area contributed by atoms with E-state index in [9.17, 15) is 9.59 Å². The van der Waals surface area contributed by atoms with Gasteiger partial charge in [0.2, 0.25) is 5.43 Å². The highest BCUT2D eigenvalue weighted by molar-refractivity contribution is 5.96. The summed E-state index contributed by atoms with van der Waals surface area (Å²) in [5.74, 6) is 0.812. The summed E-state index contributed by atoms with van der Waals surface area (Å²) in [7, 11) is 1.41. The third-order valence-corrected chi connectivity index (χ3v) is 3.95. The Morgan fingerprint density at radius 1 is 1.21 bits per heavy atom. The van der Waals surface area contributed by atoms with Crippen LogP contribution in [0.25, 0.3) is 0 Å². The van der Waals surface area contributed by atoms with Crippen molar-refractivity contribution in [2.75, 3.05) is 19.1 Å². The fraction of sp³-hybridized carbons (Fsp3) is 0.560. The molecule has 2 N–H and O–H groups in total. The summed E-state index contributed by atoms with van der Waals surface area (Å²) in [4.78, 5) is 34.3. The Bertz CT molecular complexity index is 796. The van der Waals surface area contributed by atoms with Gasteiger partial charge < -0.3 is 24.9 Å². The molecule has 0 saturated carbocycles. The molecule has 1 saturated heterocycles. The number of ether oxygens (including phenoxy) is 2. The third kappa shape index (κ3) is 12.1. The Morgan fingerprint density at radius 3 is 2.15 bits per heavy atom. The minimum atomic E-state index is -0.269. The number of hydrogen-bond donors (Lipinski definition) is 2. The van der Waals surface area contributed by atoms with Crippen LogP contribution in [0.2, 0.25) is 0 Å². The van der Waals surface area contributed by atoms with Crippen LogP contribution in [0.4, 0.5) is 0 Å². The van der Waals surface area contributed by atoms with Crippen molar-refractivity contribution in [1.29, 1.82) is 0 Å². The number of hydrogen-bond acceptors (Lipinski definition) is 6. The lowest BCUT2D eigenvalue weighted by Gasteiger charge is -2.41. The largest absolute Gasteiger partial charge is 0.496 e. The molecule has 194 valence electrons. The molecule has 9 heteroatoms. The molecular weight excluding hydrogens is 438 g/mol. The summed E-state index contributed by atoms with van der Waals surface area (Å²) in [5, 5.41) is 6.89. The molecule has 34 heavy (non-hydrogen) atoms. The Labute approximate surface area is 204 Å². The molecule has 1 aromatic rings. The topological polar surface area (TPSA) is 110 Å². The van der Waals surface area contributed by atoms with Gasteiger partial charge in [-0.2, -0.15) is 0 Å². The summed E-state index contributed by atoms with van der Waals surface area (Å²) < 4.78 is 11.7. The van der Waals surface area contributed by atoms with Gasteiger partial charge in [-0.1, -0.05) is 27.4 Å². The molecule has 1 amide bonds. The maximum atomic E-state index is 12.4. The van der Waals surface area contributed by atoms with Gasteiger partial charge in [0.05, 0.1) is 19.0 Å². The smallest absolute Gasteiger partial charge is 0.290 e. The van der Waals surface area contributed by atoms with Gasteiger partial charge >= 0.3 is 0 Å². The Hall–Kier alpha value is -3.23. The van der Waals surface area contributed by atoms with Crippen LogP contribution in [0.1, 0.15) is 71.3 Å². The van der Waals surface area contributed by atoms with E-state index in [4.69, 9.17) is 19.4 Å². The Kier molecular flexibility index (Phi) is 16.7. The predicted octanol–water partition coefficient (Wildman–Crippen LogP) is 4.48. The molecule has 3 heterocycles. The van der Waals surface area contributed by atoms with Crippen LogP contribution in [0.3, 0.4) is 0 Å². The van der Waals surface area contributed by atoms with E-state index < -0.39 is 0 Å². The van der Waals surface area contributed by atoms with E-state index in [1.165, 1.54) is 19.4 Å². The second-order valence-electron chi connectivity index (χ2n) is 8.81. The zero-order valence-corrected chi connectivity index (χ0v) is 21.8. The number of pyridine rings is 1. The quantitative estimate of drug-likeness (QED) is 0.364. The average molecular weight is 482 g/mol. The van der Waals surface area contributed by atoms with Crippen molar-refractivity contribution < 1.29 is 24.2 Å². The van der Waals surface area contributed by atoms with Gasteiger partial charge in [0.25, 0.3) is 12.4 Å². The first-order valence-corrected chi connectivity index (χ1v) is 11.2. The van der Waals surface area contributed by atoms with E-state index in [1.807, 2.05) is 20.8 Å². The Balaban J connectivity index is 0. The van der Waals surface area contributed by atoms with Crippen molar-refractivity contribution in [3.05, 3.63) is 54.2 Å². The van der Waals surface area contributed by atoms with Crippen molar-refractivity contribution in [3.63, 3.8) is 0 Å². The SMILES string of the molecule is C=C.C=COC(C)(C)C.CC(C)C.COc1c2n(ccc1=O)NC1CCCCN1C2=O.O=CO. The van der Waals surface area contributed by atoms with Gasteiger partial charge in [0.15, 0.2) is 11.4 Å². The number of piperidine rings is 1. The number of nitrogens with zero attached hydrogens (tertiary/aromatic N) is 2. The number of rotatable bonds is 2. The monoisotopic (exact) mass is 481 g/mol. The van der Waals surface area contributed by atoms with E-state index in [0.29, 0.717) is 5.69 Å². The van der Waals surface area contributed by atoms with E-state index >= 15 is 0 Å². The number of methoxy groups -OCH3 is 1. The van der Waals surface area contributed by atoms with Crippen molar-refractivity contribution >= 4 is 12.4 Å². The minimum absolute atomic E-state index is 0.0194. The van der Waals surface area contributed by atoms with Gasteiger partial charge in [0, 0.05) is 18.8 Å². The number of nitrogens with one attached hydrogen (secondary N) is 1. The molecule has 0 aliphatic carbocycles. The van der Waals surface area contributed by atoms with Gasteiger partial charge in [0.1, 0.15) is 6.17 Å². The highest BCUT2D eigenvalue weighted by atomic mass is 16.5. The third-order valence-electron chi connectivity index (χ3n) is 3.95. The molecule has 1 unspecified atom stereocenters. The molecule has 1 fully saturated rings. The van der Waals surface area contributed by atoms with E-state index in [2.05, 4.69) is 45.9 Å². The lowest BCUT2D eigenvalue weighted by molar-refractivity contribution is -0.122. The molecule has 0 bridgehead atoms. The highest BCUT2D eigenvalue weighted by Crippen LogP contribution is 2.25. The van der Waals surface area contributed by atoms with Crippen molar-refractivity contribution in [1.82, 2.24) is 9.58 Å². The molecule has 1 atom stereocenters. The van der Waals surface area contributed by atoms with E-state index in [1.54, 1.807) is 15.8 Å². The molecule has 0 radical (unpaired) electrons. The molecule has 9 nitrogen and oxygen atoms in total. The standard InChI is InChI=1S/C12H15N3O3.C6H12O.C4H10.C2H4.CH2O2/c1-18-11-8(16)5-7-15-10(11)12(17)14-6-3-2-4-9(14)13-15;1-5-7-6(2,3)4;1-4(2)3;1-2;2-1-3/h5,7,9,13H,2-4,6H2,1H3;5H,1H2,2-4H3;4H,1-3H3;1-2H2;1H,(H,2,3).